The summed E-state index contributed by atoms with van der Waals surface area (Å²) in [5.41, 5.74) is 3.96. The standard InChI is InChI=1S/C20H19NO3/c22-12-18-16-6-2-1-5-14(16)9-10-21(18)20(23)11-15-13-24-19-8-4-3-7-17(15)19/h1-8,13,18,22H,9-12H2. The summed E-state index contributed by atoms with van der Waals surface area (Å²) >= 11 is 0. The Morgan fingerprint density at radius 1 is 1.17 bits per heavy atom. The van der Waals surface area contributed by atoms with Gasteiger partial charge >= 0.3 is 0 Å². The molecular weight excluding hydrogens is 302 g/mol. The van der Waals surface area contributed by atoms with Crippen LogP contribution >= 0.6 is 0 Å². The maximum absolute atomic E-state index is 12.9. The van der Waals surface area contributed by atoms with Crippen molar-refractivity contribution in [3.05, 3.63) is 71.5 Å². The van der Waals surface area contributed by atoms with Gasteiger partial charge in [-0.25, -0.2) is 0 Å². The molecule has 1 aliphatic rings. The molecule has 0 aliphatic carbocycles. The molecule has 0 bridgehead atoms. The molecule has 1 aromatic heterocycles. The summed E-state index contributed by atoms with van der Waals surface area (Å²) in [6, 6.07) is 15.5. The first kappa shape index (κ1) is 15.0. The zero-order valence-corrected chi connectivity index (χ0v) is 13.3. The van der Waals surface area contributed by atoms with Gasteiger partial charge in [0.25, 0.3) is 0 Å². The van der Waals surface area contributed by atoms with Crippen LogP contribution in [0, 0.1) is 0 Å². The number of rotatable bonds is 3. The number of aliphatic hydroxyl groups is 1. The van der Waals surface area contributed by atoms with Crippen molar-refractivity contribution < 1.29 is 14.3 Å². The van der Waals surface area contributed by atoms with Crippen LogP contribution in [0.3, 0.4) is 0 Å². The predicted molar refractivity (Wildman–Crippen MR) is 91.6 cm³/mol. The van der Waals surface area contributed by atoms with Crippen LogP contribution in [0.15, 0.2) is 59.2 Å². The molecule has 1 N–H and O–H groups in total. The molecule has 0 saturated heterocycles. The van der Waals surface area contributed by atoms with Gasteiger partial charge < -0.3 is 14.4 Å². The molecule has 4 rings (SSSR count). The minimum atomic E-state index is -0.263. The molecule has 0 saturated carbocycles. The number of carbonyl (C=O) groups excluding carboxylic acids is 1. The Morgan fingerprint density at radius 2 is 1.96 bits per heavy atom. The molecule has 1 aliphatic heterocycles. The van der Waals surface area contributed by atoms with E-state index in [0.29, 0.717) is 6.54 Å². The smallest absolute Gasteiger partial charge is 0.227 e. The zero-order valence-electron chi connectivity index (χ0n) is 13.3. The number of furan rings is 1. The Labute approximate surface area is 140 Å². The Morgan fingerprint density at radius 3 is 2.83 bits per heavy atom. The molecule has 0 spiro atoms. The van der Waals surface area contributed by atoms with Crippen LogP contribution in [0.25, 0.3) is 11.0 Å². The van der Waals surface area contributed by atoms with Crippen molar-refractivity contribution in [1.82, 2.24) is 4.90 Å². The highest BCUT2D eigenvalue weighted by Gasteiger charge is 2.30. The summed E-state index contributed by atoms with van der Waals surface area (Å²) < 4.78 is 5.53. The van der Waals surface area contributed by atoms with E-state index < -0.39 is 0 Å². The minimum Gasteiger partial charge on any atom is -0.464 e. The molecule has 1 amide bonds. The van der Waals surface area contributed by atoms with E-state index in [1.54, 1.807) is 11.2 Å². The normalized spacial score (nSPS) is 17.0. The Balaban J connectivity index is 1.60. The average Bonchev–Trinajstić information content (AvgIpc) is 3.03. The lowest BCUT2D eigenvalue weighted by molar-refractivity contribution is -0.134. The fourth-order valence-corrected chi connectivity index (χ4v) is 3.58. The number of carbonyl (C=O) groups is 1. The van der Waals surface area contributed by atoms with Crippen molar-refractivity contribution in [1.29, 1.82) is 0 Å². The van der Waals surface area contributed by atoms with Crippen molar-refractivity contribution in [2.75, 3.05) is 13.2 Å². The molecule has 122 valence electrons. The molecule has 24 heavy (non-hydrogen) atoms. The second-order valence-electron chi connectivity index (χ2n) is 6.17. The molecule has 4 heteroatoms. The lowest BCUT2D eigenvalue weighted by atomic mass is 9.92. The van der Waals surface area contributed by atoms with E-state index in [9.17, 15) is 9.90 Å². The molecule has 0 radical (unpaired) electrons. The Bertz CT molecular complexity index is 883. The molecule has 0 fully saturated rings. The molecule has 2 aromatic carbocycles. The third kappa shape index (κ3) is 2.49. The largest absolute Gasteiger partial charge is 0.464 e. The number of para-hydroxylation sites is 1. The van der Waals surface area contributed by atoms with E-state index in [-0.39, 0.29) is 25.0 Å². The highest BCUT2D eigenvalue weighted by atomic mass is 16.3. The zero-order chi connectivity index (χ0) is 16.5. The lowest BCUT2D eigenvalue weighted by Crippen LogP contribution is -2.42. The molecular formula is C20H19NO3. The number of nitrogens with zero attached hydrogens (tertiary/aromatic N) is 1. The van der Waals surface area contributed by atoms with E-state index in [1.165, 1.54) is 5.56 Å². The molecule has 1 unspecified atom stereocenters. The molecule has 4 nitrogen and oxygen atoms in total. The Kier molecular flexibility index (Phi) is 3.82. The van der Waals surface area contributed by atoms with Crippen LogP contribution in [0.5, 0.6) is 0 Å². The maximum atomic E-state index is 12.9. The average molecular weight is 321 g/mol. The third-order valence-corrected chi connectivity index (χ3v) is 4.81. The summed E-state index contributed by atoms with van der Waals surface area (Å²) in [4.78, 5) is 14.7. The maximum Gasteiger partial charge on any atom is 0.227 e. The van der Waals surface area contributed by atoms with E-state index in [2.05, 4.69) is 6.07 Å². The van der Waals surface area contributed by atoms with Crippen molar-refractivity contribution in [2.24, 2.45) is 0 Å². The van der Waals surface area contributed by atoms with Crippen LogP contribution in [0.1, 0.15) is 22.7 Å². The molecule has 3 aromatic rings. The van der Waals surface area contributed by atoms with Gasteiger partial charge in [0.1, 0.15) is 5.58 Å². The lowest BCUT2D eigenvalue weighted by Gasteiger charge is -2.36. The van der Waals surface area contributed by atoms with Gasteiger partial charge in [-0.15, -0.1) is 0 Å². The quantitative estimate of drug-likeness (QED) is 0.806. The van der Waals surface area contributed by atoms with Gasteiger partial charge in [-0.3, -0.25) is 4.79 Å². The minimum absolute atomic E-state index is 0.0232. The van der Waals surface area contributed by atoms with Gasteiger partial charge in [0.15, 0.2) is 0 Å². The fraction of sp³-hybridized carbons (Fsp3) is 0.250. The number of amides is 1. The second-order valence-corrected chi connectivity index (χ2v) is 6.17. The van der Waals surface area contributed by atoms with E-state index in [4.69, 9.17) is 4.42 Å². The van der Waals surface area contributed by atoms with Crippen LogP contribution < -0.4 is 0 Å². The van der Waals surface area contributed by atoms with Crippen molar-refractivity contribution in [2.45, 2.75) is 18.9 Å². The number of benzene rings is 2. The highest BCUT2D eigenvalue weighted by molar-refractivity contribution is 5.88. The van der Waals surface area contributed by atoms with Gasteiger partial charge in [0, 0.05) is 17.5 Å². The highest BCUT2D eigenvalue weighted by Crippen LogP contribution is 2.30. The number of fused-ring (bicyclic) bond motifs is 2. The van der Waals surface area contributed by atoms with Crippen molar-refractivity contribution >= 4 is 16.9 Å². The molecule has 2 heterocycles. The first-order valence-electron chi connectivity index (χ1n) is 8.21. The van der Waals surface area contributed by atoms with Crippen molar-refractivity contribution in [3.8, 4) is 0 Å². The Hall–Kier alpha value is -2.59. The summed E-state index contributed by atoms with van der Waals surface area (Å²) in [5, 5.41) is 10.8. The van der Waals surface area contributed by atoms with E-state index in [0.717, 1.165) is 28.5 Å². The molecule has 1 atom stereocenters. The van der Waals surface area contributed by atoms with Crippen molar-refractivity contribution in [3.63, 3.8) is 0 Å². The summed E-state index contributed by atoms with van der Waals surface area (Å²) in [5.74, 6) is 0.0232. The first-order chi connectivity index (χ1) is 11.8. The number of aliphatic hydroxyl groups excluding tert-OH is 1. The summed E-state index contributed by atoms with van der Waals surface area (Å²) in [6.45, 7) is 0.575. The van der Waals surface area contributed by atoms with E-state index in [1.807, 2.05) is 42.5 Å². The van der Waals surface area contributed by atoms with Gasteiger partial charge in [0.05, 0.1) is 25.3 Å². The topological polar surface area (TPSA) is 53.7 Å². The fourth-order valence-electron chi connectivity index (χ4n) is 3.58. The number of hydrogen-bond acceptors (Lipinski definition) is 3. The number of hydrogen-bond donors (Lipinski definition) is 1. The monoisotopic (exact) mass is 321 g/mol. The van der Waals surface area contributed by atoms with E-state index >= 15 is 0 Å². The van der Waals surface area contributed by atoms with Gasteiger partial charge in [-0.05, 0) is 23.6 Å². The van der Waals surface area contributed by atoms with Gasteiger partial charge in [0.2, 0.25) is 5.91 Å². The summed E-state index contributed by atoms with van der Waals surface area (Å²) in [7, 11) is 0. The second kappa shape index (κ2) is 6.13. The van der Waals surface area contributed by atoms with Crippen LogP contribution in [-0.2, 0) is 17.6 Å². The predicted octanol–water partition coefficient (Wildman–Crippen LogP) is 3.09. The van der Waals surface area contributed by atoms with Gasteiger partial charge in [-0.2, -0.15) is 0 Å². The summed E-state index contributed by atoms with van der Waals surface area (Å²) in [6.07, 6.45) is 2.77. The van der Waals surface area contributed by atoms with Crippen LogP contribution in [0.2, 0.25) is 0 Å². The van der Waals surface area contributed by atoms with Crippen LogP contribution in [0.4, 0.5) is 0 Å². The third-order valence-electron chi connectivity index (χ3n) is 4.81. The van der Waals surface area contributed by atoms with Gasteiger partial charge in [-0.1, -0.05) is 42.5 Å². The SMILES string of the molecule is O=C(Cc1coc2ccccc12)N1CCc2ccccc2C1CO. The first-order valence-corrected chi connectivity index (χ1v) is 8.21. The van der Waals surface area contributed by atoms with Crippen LogP contribution in [-0.4, -0.2) is 29.1 Å².